The predicted octanol–water partition coefficient (Wildman–Crippen LogP) is 0.914. The molecule has 1 aromatic rings. The molecule has 2 rings (SSSR count). The van der Waals surface area contributed by atoms with Crippen LogP contribution in [0.4, 0.5) is 0 Å². The topological polar surface area (TPSA) is 49.2 Å². The van der Waals surface area contributed by atoms with E-state index in [2.05, 4.69) is 14.9 Å². The lowest BCUT2D eigenvalue weighted by atomic mass is 10.1. The van der Waals surface area contributed by atoms with E-state index in [4.69, 9.17) is 5.11 Å². The molecule has 1 aromatic heterocycles. The zero-order valence-corrected chi connectivity index (χ0v) is 9.06. The minimum Gasteiger partial charge on any atom is -0.395 e. The van der Waals surface area contributed by atoms with Crippen LogP contribution in [0.25, 0.3) is 0 Å². The van der Waals surface area contributed by atoms with E-state index in [0.717, 1.165) is 31.0 Å². The number of aromatic nitrogens is 2. The van der Waals surface area contributed by atoms with E-state index in [1.165, 1.54) is 6.42 Å². The van der Waals surface area contributed by atoms with Crippen molar-refractivity contribution in [2.75, 3.05) is 19.7 Å². The van der Waals surface area contributed by atoms with Gasteiger partial charge in [0.05, 0.1) is 18.3 Å². The molecule has 4 heteroatoms. The number of likely N-dealkylation sites (tertiary alicyclic amines) is 1. The first-order chi connectivity index (χ1) is 7.31. The van der Waals surface area contributed by atoms with Gasteiger partial charge in [-0.1, -0.05) is 0 Å². The zero-order valence-electron chi connectivity index (χ0n) is 9.06. The van der Waals surface area contributed by atoms with E-state index < -0.39 is 0 Å². The van der Waals surface area contributed by atoms with Crippen LogP contribution in [0.1, 0.15) is 30.4 Å². The van der Waals surface area contributed by atoms with Gasteiger partial charge in [-0.15, -0.1) is 0 Å². The second-order valence-corrected chi connectivity index (χ2v) is 3.95. The zero-order chi connectivity index (χ0) is 10.7. The number of aliphatic hydroxyl groups excluding tert-OH is 1. The molecule has 0 bridgehead atoms. The van der Waals surface area contributed by atoms with Gasteiger partial charge in [-0.05, 0) is 32.4 Å². The number of rotatable bonds is 3. The second-order valence-electron chi connectivity index (χ2n) is 3.95. The number of nitrogens with zero attached hydrogens (tertiary/aromatic N) is 3. The number of aliphatic hydroxyl groups is 1. The Balaban J connectivity index is 2.15. The van der Waals surface area contributed by atoms with Gasteiger partial charge in [0.15, 0.2) is 0 Å². The fourth-order valence-corrected chi connectivity index (χ4v) is 2.22. The third-order valence-corrected chi connectivity index (χ3v) is 2.89. The summed E-state index contributed by atoms with van der Waals surface area (Å²) >= 11 is 0. The summed E-state index contributed by atoms with van der Waals surface area (Å²) in [6.07, 6.45) is 4.14. The van der Waals surface area contributed by atoms with Crippen LogP contribution in [0.15, 0.2) is 12.3 Å². The molecule has 1 aliphatic heterocycles. The Bertz CT molecular complexity index is 329. The van der Waals surface area contributed by atoms with Crippen molar-refractivity contribution in [1.82, 2.24) is 14.9 Å². The van der Waals surface area contributed by atoms with Crippen molar-refractivity contribution in [2.24, 2.45) is 0 Å². The van der Waals surface area contributed by atoms with E-state index in [0.29, 0.717) is 6.04 Å². The lowest BCUT2D eigenvalue weighted by Crippen LogP contribution is -2.27. The molecular formula is C11H17N3O. The summed E-state index contributed by atoms with van der Waals surface area (Å²) in [7, 11) is 0. The molecule has 1 atom stereocenters. The van der Waals surface area contributed by atoms with Crippen molar-refractivity contribution in [3.05, 3.63) is 23.8 Å². The Hall–Kier alpha value is -1.00. The van der Waals surface area contributed by atoms with Crippen molar-refractivity contribution in [2.45, 2.75) is 25.8 Å². The highest BCUT2D eigenvalue weighted by atomic mass is 16.3. The normalized spacial score (nSPS) is 22.1. The third kappa shape index (κ3) is 2.33. The van der Waals surface area contributed by atoms with Gasteiger partial charge in [0.2, 0.25) is 0 Å². The Morgan fingerprint density at radius 1 is 1.60 bits per heavy atom. The van der Waals surface area contributed by atoms with Crippen LogP contribution >= 0.6 is 0 Å². The van der Waals surface area contributed by atoms with Crippen LogP contribution in [-0.4, -0.2) is 39.7 Å². The maximum atomic E-state index is 8.97. The van der Waals surface area contributed by atoms with Crippen molar-refractivity contribution in [3.63, 3.8) is 0 Å². The molecular weight excluding hydrogens is 190 g/mol. The maximum Gasteiger partial charge on any atom is 0.125 e. The van der Waals surface area contributed by atoms with Crippen LogP contribution in [-0.2, 0) is 0 Å². The van der Waals surface area contributed by atoms with Crippen molar-refractivity contribution in [3.8, 4) is 0 Å². The lowest BCUT2D eigenvalue weighted by molar-refractivity contribution is 0.183. The molecule has 1 N–H and O–H groups in total. The molecule has 82 valence electrons. The Kier molecular flexibility index (Phi) is 3.28. The standard InChI is InChI=1S/C11H17N3O/c1-9-12-5-4-10(13-9)11-3-2-6-14(11)7-8-15/h4-5,11,15H,2-3,6-8H2,1H3/t11-/m1/s1. The van der Waals surface area contributed by atoms with Gasteiger partial charge in [-0.2, -0.15) is 0 Å². The third-order valence-electron chi connectivity index (χ3n) is 2.89. The van der Waals surface area contributed by atoms with E-state index in [1.54, 1.807) is 0 Å². The molecule has 1 saturated heterocycles. The first kappa shape index (κ1) is 10.5. The molecule has 0 radical (unpaired) electrons. The van der Waals surface area contributed by atoms with E-state index >= 15 is 0 Å². The number of hydrogen-bond acceptors (Lipinski definition) is 4. The number of β-amino-alcohol motifs (C(OH)–C–C–N with tert-alkyl or cyclic N) is 1. The quantitative estimate of drug-likeness (QED) is 0.800. The van der Waals surface area contributed by atoms with Crippen LogP contribution in [0.5, 0.6) is 0 Å². The Morgan fingerprint density at radius 3 is 3.20 bits per heavy atom. The molecule has 0 aromatic carbocycles. The van der Waals surface area contributed by atoms with Crippen molar-refractivity contribution < 1.29 is 5.11 Å². The van der Waals surface area contributed by atoms with Gasteiger partial charge in [-0.25, -0.2) is 9.97 Å². The largest absolute Gasteiger partial charge is 0.395 e. The second kappa shape index (κ2) is 4.68. The molecule has 2 heterocycles. The maximum absolute atomic E-state index is 8.97. The molecule has 1 aliphatic rings. The molecule has 1 fully saturated rings. The highest BCUT2D eigenvalue weighted by Gasteiger charge is 2.26. The van der Waals surface area contributed by atoms with Crippen LogP contribution in [0, 0.1) is 6.92 Å². The molecule has 4 nitrogen and oxygen atoms in total. The summed E-state index contributed by atoms with van der Waals surface area (Å²) in [5.41, 5.74) is 1.09. The van der Waals surface area contributed by atoms with E-state index in [1.807, 2.05) is 19.2 Å². The van der Waals surface area contributed by atoms with Crippen LogP contribution in [0.2, 0.25) is 0 Å². The Morgan fingerprint density at radius 2 is 2.47 bits per heavy atom. The molecule has 0 aliphatic carbocycles. The molecule has 0 amide bonds. The average Bonchev–Trinajstić information content (AvgIpc) is 2.66. The minimum atomic E-state index is 0.223. The van der Waals surface area contributed by atoms with E-state index in [9.17, 15) is 0 Å². The molecule has 15 heavy (non-hydrogen) atoms. The SMILES string of the molecule is Cc1nccc([C@H]2CCCN2CCO)n1. The summed E-state index contributed by atoms with van der Waals surface area (Å²) in [6, 6.07) is 2.35. The van der Waals surface area contributed by atoms with Gasteiger partial charge in [0.1, 0.15) is 5.82 Å². The number of aryl methyl sites for hydroxylation is 1. The average molecular weight is 207 g/mol. The molecule has 0 saturated carbocycles. The Labute approximate surface area is 90.0 Å². The first-order valence-electron chi connectivity index (χ1n) is 5.45. The van der Waals surface area contributed by atoms with Gasteiger partial charge in [0, 0.05) is 12.7 Å². The van der Waals surface area contributed by atoms with Crippen molar-refractivity contribution >= 4 is 0 Å². The lowest BCUT2D eigenvalue weighted by Gasteiger charge is -2.22. The highest BCUT2D eigenvalue weighted by Crippen LogP contribution is 2.29. The molecule has 0 unspecified atom stereocenters. The summed E-state index contributed by atoms with van der Waals surface area (Å²) < 4.78 is 0. The smallest absolute Gasteiger partial charge is 0.125 e. The van der Waals surface area contributed by atoms with Gasteiger partial charge in [0.25, 0.3) is 0 Å². The number of hydrogen-bond donors (Lipinski definition) is 1. The minimum absolute atomic E-state index is 0.223. The fourth-order valence-electron chi connectivity index (χ4n) is 2.22. The monoisotopic (exact) mass is 207 g/mol. The van der Waals surface area contributed by atoms with Gasteiger partial charge >= 0.3 is 0 Å². The molecule has 0 spiro atoms. The van der Waals surface area contributed by atoms with E-state index in [-0.39, 0.29) is 6.61 Å². The summed E-state index contributed by atoms with van der Waals surface area (Å²) in [5, 5.41) is 8.97. The summed E-state index contributed by atoms with van der Waals surface area (Å²) in [6.45, 7) is 3.94. The van der Waals surface area contributed by atoms with Gasteiger partial charge in [-0.3, -0.25) is 4.90 Å². The van der Waals surface area contributed by atoms with Crippen molar-refractivity contribution in [1.29, 1.82) is 0 Å². The predicted molar refractivity (Wildman–Crippen MR) is 57.4 cm³/mol. The fraction of sp³-hybridized carbons (Fsp3) is 0.636. The highest BCUT2D eigenvalue weighted by molar-refractivity contribution is 5.09. The van der Waals surface area contributed by atoms with Crippen LogP contribution < -0.4 is 0 Å². The van der Waals surface area contributed by atoms with Gasteiger partial charge < -0.3 is 5.11 Å². The first-order valence-corrected chi connectivity index (χ1v) is 5.45. The van der Waals surface area contributed by atoms with Crippen LogP contribution in [0.3, 0.4) is 0 Å². The summed E-state index contributed by atoms with van der Waals surface area (Å²) in [4.78, 5) is 10.8. The summed E-state index contributed by atoms with van der Waals surface area (Å²) in [5.74, 6) is 0.823.